The van der Waals surface area contributed by atoms with Crippen LogP contribution in [-0.4, -0.2) is 37.1 Å². The summed E-state index contributed by atoms with van der Waals surface area (Å²) in [5, 5.41) is 15.5. The van der Waals surface area contributed by atoms with E-state index < -0.39 is 0 Å². The van der Waals surface area contributed by atoms with E-state index in [2.05, 4.69) is 15.3 Å². The number of rotatable bonds is 6. The monoisotopic (exact) mass is 415 g/mol. The molecule has 0 saturated heterocycles. The highest BCUT2D eigenvalue weighted by Crippen LogP contribution is 2.34. The van der Waals surface area contributed by atoms with Crippen molar-refractivity contribution in [2.45, 2.75) is 31.1 Å². The van der Waals surface area contributed by atoms with Crippen LogP contribution in [-0.2, 0) is 11.3 Å². The Morgan fingerprint density at radius 1 is 1.32 bits per heavy atom. The van der Waals surface area contributed by atoms with Crippen molar-refractivity contribution in [1.29, 1.82) is 0 Å². The Kier molecular flexibility index (Phi) is 5.50. The smallest absolute Gasteiger partial charge is 0.253 e. The molecule has 7 nitrogen and oxygen atoms in total. The van der Waals surface area contributed by atoms with Gasteiger partial charge in [0.2, 0.25) is 0 Å². The van der Waals surface area contributed by atoms with Gasteiger partial charge in [0.15, 0.2) is 5.16 Å². The van der Waals surface area contributed by atoms with Gasteiger partial charge >= 0.3 is 0 Å². The zero-order valence-electron chi connectivity index (χ0n) is 15.2. The number of aryl methyl sites for hydroxylation is 1. The summed E-state index contributed by atoms with van der Waals surface area (Å²) < 4.78 is 7.46. The Labute approximate surface area is 171 Å². The highest BCUT2D eigenvalue weighted by Gasteiger charge is 2.34. The van der Waals surface area contributed by atoms with E-state index in [9.17, 15) is 4.79 Å². The van der Waals surface area contributed by atoms with Gasteiger partial charge in [0.05, 0.1) is 17.7 Å². The van der Waals surface area contributed by atoms with Crippen molar-refractivity contribution in [3.63, 3.8) is 0 Å². The second kappa shape index (κ2) is 8.20. The molecular formula is C19H18ClN5O2S. The summed E-state index contributed by atoms with van der Waals surface area (Å²) >= 11 is 7.34. The largest absolute Gasteiger partial charge is 0.467 e. The van der Waals surface area contributed by atoms with Crippen LogP contribution in [0.4, 0.5) is 0 Å². The first-order chi connectivity index (χ1) is 13.7. The van der Waals surface area contributed by atoms with Crippen LogP contribution in [0, 0.1) is 0 Å². The number of halogens is 1. The minimum atomic E-state index is -0.266. The van der Waals surface area contributed by atoms with Gasteiger partial charge in [-0.25, -0.2) is 5.01 Å². The number of hydrazone groups is 1. The van der Waals surface area contributed by atoms with Gasteiger partial charge in [-0.3, -0.25) is 4.79 Å². The van der Waals surface area contributed by atoms with Crippen LogP contribution in [0.25, 0.3) is 0 Å². The van der Waals surface area contributed by atoms with E-state index in [0.717, 1.165) is 17.8 Å². The minimum absolute atomic E-state index is 0.110. The third kappa shape index (κ3) is 3.83. The molecule has 0 unspecified atom stereocenters. The predicted molar refractivity (Wildman–Crippen MR) is 107 cm³/mol. The molecule has 1 aromatic carbocycles. The van der Waals surface area contributed by atoms with E-state index in [0.29, 0.717) is 22.4 Å². The maximum atomic E-state index is 13.0. The molecule has 2 aromatic heterocycles. The first kappa shape index (κ1) is 18.8. The lowest BCUT2D eigenvalue weighted by molar-refractivity contribution is -0.130. The molecule has 0 fully saturated rings. The molecule has 1 aliphatic rings. The van der Waals surface area contributed by atoms with Crippen molar-refractivity contribution in [3.8, 4) is 0 Å². The fraction of sp³-hybridized carbons (Fsp3) is 0.263. The normalized spacial score (nSPS) is 16.4. The van der Waals surface area contributed by atoms with Crippen molar-refractivity contribution >= 4 is 35.0 Å². The van der Waals surface area contributed by atoms with Gasteiger partial charge in [-0.2, -0.15) is 5.10 Å². The zero-order valence-corrected chi connectivity index (χ0v) is 16.7. The summed E-state index contributed by atoms with van der Waals surface area (Å²) in [6.45, 7) is 2.76. The molecule has 0 saturated carbocycles. The highest BCUT2D eigenvalue weighted by molar-refractivity contribution is 7.99. The summed E-state index contributed by atoms with van der Waals surface area (Å²) in [5.74, 6) is 0.816. The molecule has 3 heterocycles. The SMILES string of the molecule is CCn1cnnc1SCC(=O)N1N=C(c2ccc(Cl)cc2)C[C@H]1c1ccco1. The fourth-order valence-electron chi connectivity index (χ4n) is 3.03. The number of hydrogen-bond acceptors (Lipinski definition) is 6. The first-order valence-corrected chi connectivity index (χ1v) is 10.2. The second-order valence-electron chi connectivity index (χ2n) is 6.22. The average Bonchev–Trinajstić information content (AvgIpc) is 3.46. The van der Waals surface area contributed by atoms with E-state index in [-0.39, 0.29) is 17.7 Å². The number of benzene rings is 1. The Morgan fingerprint density at radius 2 is 2.14 bits per heavy atom. The van der Waals surface area contributed by atoms with E-state index in [1.807, 2.05) is 47.9 Å². The summed E-state index contributed by atoms with van der Waals surface area (Å²) in [6.07, 6.45) is 3.85. The number of aromatic nitrogens is 3. The van der Waals surface area contributed by atoms with Gasteiger partial charge in [0, 0.05) is 18.0 Å². The van der Waals surface area contributed by atoms with Crippen molar-refractivity contribution in [3.05, 3.63) is 65.3 Å². The Balaban J connectivity index is 1.55. The lowest BCUT2D eigenvalue weighted by atomic mass is 10.0. The van der Waals surface area contributed by atoms with Crippen LogP contribution in [0.3, 0.4) is 0 Å². The second-order valence-corrected chi connectivity index (χ2v) is 7.59. The number of thioether (sulfide) groups is 1. The summed E-state index contributed by atoms with van der Waals surface area (Å²) in [5.41, 5.74) is 1.77. The minimum Gasteiger partial charge on any atom is -0.467 e. The molecular weight excluding hydrogens is 398 g/mol. The van der Waals surface area contributed by atoms with Crippen LogP contribution in [0.15, 0.2) is 63.7 Å². The summed E-state index contributed by atoms with van der Waals surface area (Å²) in [7, 11) is 0. The molecule has 28 heavy (non-hydrogen) atoms. The number of carbonyl (C=O) groups is 1. The molecule has 0 spiro atoms. The molecule has 9 heteroatoms. The maximum absolute atomic E-state index is 13.0. The van der Waals surface area contributed by atoms with Crippen molar-refractivity contribution < 1.29 is 9.21 Å². The number of carbonyl (C=O) groups excluding carboxylic acids is 1. The molecule has 0 aliphatic carbocycles. The molecule has 1 amide bonds. The van der Waals surface area contributed by atoms with Gasteiger partial charge in [-0.15, -0.1) is 10.2 Å². The van der Waals surface area contributed by atoms with Crippen molar-refractivity contribution in [2.24, 2.45) is 5.10 Å². The van der Waals surface area contributed by atoms with Gasteiger partial charge in [0.25, 0.3) is 5.91 Å². The van der Waals surface area contributed by atoms with E-state index in [1.54, 1.807) is 12.6 Å². The highest BCUT2D eigenvalue weighted by atomic mass is 35.5. The van der Waals surface area contributed by atoms with Crippen LogP contribution in [0.1, 0.15) is 30.7 Å². The topological polar surface area (TPSA) is 76.5 Å². The van der Waals surface area contributed by atoms with Gasteiger partial charge < -0.3 is 8.98 Å². The molecule has 0 bridgehead atoms. The average molecular weight is 416 g/mol. The van der Waals surface area contributed by atoms with E-state index >= 15 is 0 Å². The van der Waals surface area contributed by atoms with Crippen molar-refractivity contribution in [1.82, 2.24) is 19.8 Å². The lowest BCUT2D eigenvalue weighted by Crippen LogP contribution is -2.28. The van der Waals surface area contributed by atoms with E-state index in [4.69, 9.17) is 16.0 Å². The summed E-state index contributed by atoms with van der Waals surface area (Å²) in [6, 6.07) is 10.9. The third-order valence-electron chi connectivity index (χ3n) is 4.46. The molecule has 3 aromatic rings. The third-order valence-corrected chi connectivity index (χ3v) is 5.68. The Hall–Kier alpha value is -2.58. The molecule has 0 radical (unpaired) electrons. The van der Waals surface area contributed by atoms with Crippen LogP contribution in [0.5, 0.6) is 0 Å². The quantitative estimate of drug-likeness (QED) is 0.568. The van der Waals surface area contributed by atoms with Gasteiger partial charge in [-0.1, -0.05) is 35.5 Å². The maximum Gasteiger partial charge on any atom is 0.253 e. The Morgan fingerprint density at radius 3 is 2.86 bits per heavy atom. The zero-order chi connectivity index (χ0) is 19.5. The predicted octanol–water partition coefficient (Wildman–Crippen LogP) is 4.01. The molecule has 144 valence electrons. The van der Waals surface area contributed by atoms with Crippen molar-refractivity contribution in [2.75, 3.05) is 5.75 Å². The lowest BCUT2D eigenvalue weighted by Gasteiger charge is -2.19. The first-order valence-electron chi connectivity index (χ1n) is 8.85. The molecule has 4 rings (SSSR count). The van der Waals surface area contributed by atoms with Crippen LogP contribution in [0.2, 0.25) is 5.02 Å². The number of amides is 1. The number of furan rings is 1. The molecule has 0 N–H and O–H groups in total. The van der Waals surface area contributed by atoms with Gasteiger partial charge in [-0.05, 0) is 36.8 Å². The van der Waals surface area contributed by atoms with Gasteiger partial charge in [0.1, 0.15) is 18.1 Å². The number of nitrogens with zero attached hydrogens (tertiary/aromatic N) is 5. The molecule has 1 atom stereocenters. The summed E-state index contributed by atoms with van der Waals surface area (Å²) in [4.78, 5) is 13.0. The fourth-order valence-corrected chi connectivity index (χ4v) is 3.98. The number of hydrogen-bond donors (Lipinski definition) is 0. The van der Waals surface area contributed by atoms with Crippen LogP contribution < -0.4 is 0 Å². The Bertz CT molecular complexity index is 984. The molecule has 1 aliphatic heterocycles. The van der Waals surface area contributed by atoms with Crippen LogP contribution >= 0.6 is 23.4 Å². The standard InChI is InChI=1S/C19H18ClN5O2S/c1-2-24-12-21-22-19(24)28-11-18(26)25-16(17-4-3-9-27-17)10-15(23-25)13-5-7-14(20)8-6-13/h3-9,12,16H,2,10-11H2,1H3/t16-/m0/s1. The van der Waals surface area contributed by atoms with E-state index in [1.165, 1.54) is 16.8 Å².